The first-order chi connectivity index (χ1) is 8.27. The molecule has 2 nitrogen and oxygen atoms in total. The first-order valence-corrected chi connectivity index (χ1v) is 6.89. The van der Waals surface area contributed by atoms with Crippen molar-refractivity contribution in [3.05, 3.63) is 57.8 Å². The van der Waals surface area contributed by atoms with Crippen LogP contribution in [0.25, 0.3) is 10.1 Å². The van der Waals surface area contributed by atoms with Gasteiger partial charge in [0.1, 0.15) is 0 Å². The molecule has 0 saturated heterocycles. The minimum Gasteiger partial charge on any atom is -0.457 e. The van der Waals surface area contributed by atoms with E-state index in [1.165, 1.54) is 10.1 Å². The van der Waals surface area contributed by atoms with Gasteiger partial charge in [-0.2, -0.15) is 0 Å². The van der Waals surface area contributed by atoms with Crippen LogP contribution in [0.1, 0.15) is 17.2 Å². The zero-order valence-electron chi connectivity index (χ0n) is 8.89. The molecule has 0 amide bonds. The van der Waals surface area contributed by atoms with E-state index in [9.17, 15) is 0 Å². The van der Waals surface area contributed by atoms with Gasteiger partial charge in [-0.3, -0.25) is 0 Å². The number of fused-ring (bicyclic) bond motifs is 1. The molecule has 0 aliphatic heterocycles. The molecule has 0 radical (unpaired) electrons. The zero-order valence-corrected chi connectivity index (χ0v) is 11.3. The van der Waals surface area contributed by atoms with E-state index in [0.717, 1.165) is 11.1 Å². The maximum absolute atomic E-state index is 6.29. The van der Waals surface area contributed by atoms with E-state index >= 15 is 0 Å². The Bertz CT molecular complexity index is 658. The number of hydrogen-bond acceptors (Lipinski definition) is 3. The van der Waals surface area contributed by atoms with Crippen molar-refractivity contribution in [2.75, 3.05) is 0 Å². The molecule has 0 aliphatic carbocycles. The summed E-state index contributed by atoms with van der Waals surface area (Å²) in [7, 11) is 0. The lowest BCUT2D eigenvalue weighted by Crippen LogP contribution is -2.10. The van der Waals surface area contributed by atoms with Gasteiger partial charge in [0, 0.05) is 10.3 Å². The van der Waals surface area contributed by atoms with Crippen molar-refractivity contribution in [1.82, 2.24) is 0 Å². The highest BCUT2D eigenvalue weighted by molar-refractivity contribution is 9.10. The van der Waals surface area contributed by atoms with Gasteiger partial charge >= 0.3 is 0 Å². The first-order valence-electron chi connectivity index (χ1n) is 5.22. The molecule has 86 valence electrons. The quantitative estimate of drug-likeness (QED) is 0.766. The first kappa shape index (κ1) is 11.0. The molecule has 0 saturated carbocycles. The molecule has 0 aliphatic rings. The number of rotatable bonds is 2. The summed E-state index contributed by atoms with van der Waals surface area (Å²) < 4.78 is 7.21. The number of benzene rings is 1. The van der Waals surface area contributed by atoms with Crippen LogP contribution >= 0.6 is 27.3 Å². The second-order valence-electron chi connectivity index (χ2n) is 3.81. The Hall–Kier alpha value is -1.10. The fourth-order valence-electron chi connectivity index (χ4n) is 1.93. The highest BCUT2D eigenvalue weighted by Gasteiger charge is 2.17. The molecule has 0 spiro atoms. The van der Waals surface area contributed by atoms with Crippen molar-refractivity contribution in [1.29, 1.82) is 0 Å². The third kappa shape index (κ3) is 1.82. The molecule has 0 bridgehead atoms. The lowest BCUT2D eigenvalue weighted by molar-refractivity contribution is 0.535. The van der Waals surface area contributed by atoms with E-state index in [2.05, 4.69) is 33.4 Å². The summed E-state index contributed by atoms with van der Waals surface area (Å²) in [6.07, 6.45) is 1.65. The summed E-state index contributed by atoms with van der Waals surface area (Å²) >= 11 is 5.09. The van der Waals surface area contributed by atoms with Crippen molar-refractivity contribution in [3.8, 4) is 0 Å². The molecule has 2 aromatic heterocycles. The number of furan rings is 1. The molecule has 3 rings (SSSR count). The highest BCUT2D eigenvalue weighted by atomic mass is 79.9. The minimum atomic E-state index is -0.153. The second kappa shape index (κ2) is 4.29. The summed E-state index contributed by atoms with van der Waals surface area (Å²) in [5, 5.41) is 3.34. The van der Waals surface area contributed by atoms with E-state index in [4.69, 9.17) is 10.2 Å². The van der Waals surface area contributed by atoms with Crippen LogP contribution in [0, 0.1) is 0 Å². The monoisotopic (exact) mass is 307 g/mol. The smallest absolute Gasteiger partial charge is 0.174 e. The predicted molar refractivity (Wildman–Crippen MR) is 74.3 cm³/mol. The minimum absolute atomic E-state index is 0.153. The summed E-state index contributed by atoms with van der Waals surface area (Å²) in [6.45, 7) is 0. The predicted octanol–water partition coefficient (Wildman–Crippen LogP) is 4.30. The maximum atomic E-state index is 6.29. The molecule has 1 atom stereocenters. The van der Waals surface area contributed by atoms with Crippen LogP contribution in [0.5, 0.6) is 0 Å². The number of halogens is 1. The molecule has 1 aromatic carbocycles. The Balaban J connectivity index is 2.13. The molecule has 1 unspecified atom stereocenters. The van der Waals surface area contributed by atoms with Crippen molar-refractivity contribution < 1.29 is 4.42 Å². The average Bonchev–Trinajstić information content (AvgIpc) is 2.94. The third-order valence-corrected chi connectivity index (χ3v) is 4.45. The summed E-state index contributed by atoms with van der Waals surface area (Å²) in [5.41, 5.74) is 8.41. The summed E-state index contributed by atoms with van der Waals surface area (Å²) in [4.78, 5) is 0. The summed E-state index contributed by atoms with van der Waals surface area (Å²) in [5.74, 6) is 0. The Morgan fingerprint density at radius 1 is 1.18 bits per heavy atom. The van der Waals surface area contributed by atoms with Crippen molar-refractivity contribution in [2.24, 2.45) is 5.73 Å². The molecule has 4 heteroatoms. The lowest BCUT2D eigenvalue weighted by Gasteiger charge is -2.09. The van der Waals surface area contributed by atoms with Gasteiger partial charge in [0.05, 0.1) is 12.3 Å². The van der Waals surface area contributed by atoms with E-state index in [0.29, 0.717) is 4.67 Å². The molecule has 2 heterocycles. The molecular weight excluding hydrogens is 298 g/mol. The number of hydrogen-bond donors (Lipinski definition) is 1. The zero-order chi connectivity index (χ0) is 11.8. The van der Waals surface area contributed by atoms with Crippen LogP contribution in [0.2, 0.25) is 0 Å². The summed E-state index contributed by atoms with van der Waals surface area (Å²) in [6, 6.07) is 10.0. The van der Waals surface area contributed by atoms with Crippen LogP contribution in [0.4, 0.5) is 0 Å². The van der Waals surface area contributed by atoms with Crippen LogP contribution in [0.3, 0.4) is 0 Å². The standard InChI is InChI=1S/C13H10BrNOS/c14-13-9(5-6-16-13)12(15)10-7-17-11-4-2-1-3-8(10)11/h1-7,12H,15H2. The van der Waals surface area contributed by atoms with E-state index in [-0.39, 0.29) is 6.04 Å². The van der Waals surface area contributed by atoms with E-state index < -0.39 is 0 Å². The Labute approximate surface area is 111 Å². The normalized spacial score (nSPS) is 13.1. The number of nitrogens with two attached hydrogens (primary N) is 1. The third-order valence-electron chi connectivity index (χ3n) is 2.83. The van der Waals surface area contributed by atoms with Gasteiger partial charge in [0.15, 0.2) is 4.67 Å². The highest BCUT2D eigenvalue weighted by Crippen LogP contribution is 2.34. The Morgan fingerprint density at radius 2 is 2.00 bits per heavy atom. The van der Waals surface area contributed by atoms with Crippen molar-refractivity contribution >= 4 is 37.4 Å². The van der Waals surface area contributed by atoms with Crippen LogP contribution in [0.15, 0.2) is 51.1 Å². The average molecular weight is 308 g/mol. The van der Waals surface area contributed by atoms with Gasteiger partial charge in [0.25, 0.3) is 0 Å². The van der Waals surface area contributed by atoms with E-state index in [1.54, 1.807) is 17.6 Å². The maximum Gasteiger partial charge on any atom is 0.174 e. The van der Waals surface area contributed by atoms with Gasteiger partial charge in [-0.15, -0.1) is 11.3 Å². The number of thiophene rings is 1. The fourth-order valence-corrected chi connectivity index (χ4v) is 3.42. The molecule has 17 heavy (non-hydrogen) atoms. The molecule has 3 aromatic rings. The van der Waals surface area contributed by atoms with Gasteiger partial charge < -0.3 is 10.2 Å². The van der Waals surface area contributed by atoms with Crippen LogP contribution in [-0.4, -0.2) is 0 Å². The molecular formula is C13H10BrNOS. The molecule has 2 N–H and O–H groups in total. The van der Waals surface area contributed by atoms with Gasteiger partial charge in [0.2, 0.25) is 0 Å². The van der Waals surface area contributed by atoms with Crippen LogP contribution < -0.4 is 5.73 Å². The topological polar surface area (TPSA) is 39.2 Å². The van der Waals surface area contributed by atoms with Crippen molar-refractivity contribution in [3.63, 3.8) is 0 Å². The van der Waals surface area contributed by atoms with Crippen LogP contribution in [-0.2, 0) is 0 Å². The largest absolute Gasteiger partial charge is 0.457 e. The van der Waals surface area contributed by atoms with Gasteiger partial charge in [-0.1, -0.05) is 18.2 Å². The van der Waals surface area contributed by atoms with E-state index in [1.807, 2.05) is 18.2 Å². The Kier molecular flexibility index (Phi) is 2.78. The Morgan fingerprint density at radius 3 is 2.76 bits per heavy atom. The SMILES string of the molecule is NC(c1ccoc1Br)c1csc2ccccc12. The molecule has 0 fully saturated rings. The van der Waals surface area contributed by atoms with Crippen molar-refractivity contribution in [2.45, 2.75) is 6.04 Å². The lowest BCUT2D eigenvalue weighted by atomic mass is 10.0. The van der Waals surface area contributed by atoms with Gasteiger partial charge in [-0.25, -0.2) is 0 Å². The van der Waals surface area contributed by atoms with Gasteiger partial charge in [-0.05, 0) is 44.4 Å². The second-order valence-corrected chi connectivity index (χ2v) is 5.45. The fraction of sp³-hybridized carbons (Fsp3) is 0.0769.